The predicted molar refractivity (Wildman–Crippen MR) is 116 cm³/mol. The molecule has 0 spiro atoms. The number of rotatable bonds is 14. The van der Waals surface area contributed by atoms with Crippen LogP contribution in [0.15, 0.2) is 0 Å². The highest BCUT2D eigenvalue weighted by Gasteiger charge is 2.48. The quantitative estimate of drug-likeness (QED) is 0.170. The molecule has 1 saturated carbocycles. The van der Waals surface area contributed by atoms with Crippen LogP contribution in [0.3, 0.4) is 0 Å². The molecule has 0 aromatic heterocycles. The summed E-state index contributed by atoms with van der Waals surface area (Å²) in [5.74, 6) is -0.0816. The molecule has 0 aliphatic heterocycles. The Morgan fingerprint density at radius 2 is 1.25 bits per heavy atom. The van der Waals surface area contributed by atoms with Gasteiger partial charge in [0.25, 0.3) is 0 Å². The first-order valence-corrected chi connectivity index (χ1v) is 11.9. The Morgan fingerprint density at radius 1 is 0.786 bits per heavy atom. The third kappa shape index (κ3) is 7.59. The van der Waals surface area contributed by atoms with Crippen molar-refractivity contribution in [3.05, 3.63) is 0 Å². The van der Waals surface area contributed by atoms with Gasteiger partial charge in [0, 0.05) is 12.3 Å². The Hall–Kier alpha value is -0.160. The lowest BCUT2D eigenvalue weighted by molar-refractivity contribution is -0.561. The maximum absolute atomic E-state index is 6.20. The van der Waals surface area contributed by atoms with E-state index in [0.29, 0.717) is 5.92 Å². The summed E-state index contributed by atoms with van der Waals surface area (Å²) in [6.45, 7) is 17.5. The van der Waals surface area contributed by atoms with Crippen LogP contribution in [0.2, 0.25) is 0 Å². The molecule has 0 bridgehead atoms. The standard InChI is InChI=1S/C24H48O4/c1-9-13-17-22(7,11-3)25-27-24(19-20(5)15-16-21(24)6)28-26-23(8,12-4)18-14-10-2/h20-21H,9-19H2,1-8H3. The van der Waals surface area contributed by atoms with Gasteiger partial charge in [0.1, 0.15) is 11.2 Å². The second-order valence-corrected chi connectivity index (χ2v) is 9.75. The molecule has 1 fully saturated rings. The highest BCUT2D eigenvalue weighted by atomic mass is 17.3. The van der Waals surface area contributed by atoms with Gasteiger partial charge in [0.05, 0.1) is 0 Å². The summed E-state index contributed by atoms with van der Waals surface area (Å²) in [4.78, 5) is 24.6. The van der Waals surface area contributed by atoms with Gasteiger partial charge in [0.15, 0.2) is 0 Å². The molecule has 168 valence electrons. The molecule has 0 N–H and O–H groups in total. The van der Waals surface area contributed by atoms with Crippen LogP contribution < -0.4 is 0 Å². The van der Waals surface area contributed by atoms with Crippen LogP contribution in [0.5, 0.6) is 0 Å². The van der Waals surface area contributed by atoms with Crippen LogP contribution in [-0.2, 0) is 19.6 Å². The first kappa shape index (κ1) is 25.9. The van der Waals surface area contributed by atoms with Gasteiger partial charge in [-0.3, -0.25) is 0 Å². The van der Waals surface area contributed by atoms with E-state index in [0.717, 1.165) is 64.2 Å². The third-order valence-electron chi connectivity index (χ3n) is 6.86. The fourth-order valence-corrected chi connectivity index (χ4v) is 3.79. The Balaban J connectivity index is 2.91. The number of hydrogen-bond donors (Lipinski definition) is 0. The van der Waals surface area contributed by atoms with E-state index in [1.807, 2.05) is 0 Å². The van der Waals surface area contributed by atoms with E-state index in [-0.39, 0.29) is 17.1 Å². The minimum atomic E-state index is -0.830. The molecule has 1 rings (SSSR count). The van der Waals surface area contributed by atoms with E-state index < -0.39 is 5.79 Å². The maximum atomic E-state index is 6.20. The second kappa shape index (κ2) is 11.9. The molecule has 1 aliphatic rings. The fourth-order valence-electron chi connectivity index (χ4n) is 3.79. The van der Waals surface area contributed by atoms with Crippen molar-refractivity contribution in [3.8, 4) is 0 Å². The summed E-state index contributed by atoms with van der Waals surface area (Å²) in [6.07, 6.45) is 11.4. The zero-order valence-corrected chi connectivity index (χ0v) is 20.1. The fraction of sp³-hybridized carbons (Fsp3) is 1.00. The van der Waals surface area contributed by atoms with E-state index in [1.54, 1.807) is 0 Å². The maximum Gasteiger partial charge on any atom is 0.236 e. The summed E-state index contributed by atoms with van der Waals surface area (Å²) in [5, 5.41) is 0. The molecule has 0 aromatic rings. The first-order chi connectivity index (χ1) is 13.2. The first-order valence-electron chi connectivity index (χ1n) is 11.9. The molecule has 1 aliphatic carbocycles. The van der Waals surface area contributed by atoms with Gasteiger partial charge in [-0.25, -0.2) is 9.78 Å². The van der Waals surface area contributed by atoms with Gasteiger partial charge in [-0.1, -0.05) is 73.6 Å². The monoisotopic (exact) mass is 400 g/mol. The predicted octanol–water partition coefficient (Wildman–Crippen LogP) is 7.75. The molecular formula is C24H48O4. The molecule has 4 nitrogen and oxygen atoms in total. The summed E-state index contributed by atoms with van der Waals surface area (Å²) >= 11 is 0. The normalized spacial score (nSPS) is 30.0. The average Bonchev–Trinajstić information content (AvgIpc) is 2.70. The van der Waals surface area contributed by atoms with Gasteiger partial charge in [0.2, 0.25) is 5.79 Å². The van der Waals surface area contributed by atoms with Crippen molar-refractivity contribution in [3.63, 3.8) is 0 Å². The number of hydrogen-bond acceptors (Lipinski definition) is 4. The summed E-state index contributed by atoms with van der Waals surface area (Å²) < 4.78 is 0. The Bertz CT molecular complexity index is 401. The summed E-state index contributed by atoms with van der Waals surface area (Å²) in [5.41, 5.74) is -0.577. The van der Waals surface area contributed by atoms with Crippen LogP contribution >= 0.6 is 0 Å². The highest BCUT2D eigenvalue weighted by molar-refractivity contribution is 4.84. The van der Waals surface area contributed by atoms with Crippen molar-refractivity contribution in [2.45, 2.75) is 143 Å². The average molecular weight is 401 g/mol. The molecule has 0 saturated heterocycles. The molecule has 4 heteroatoms. The lowest BCUT2D eigenvalue weighted by Crippen LogP contribution is -2.50. The summed E-state index contributed by atoms with van der Waals surface area (Å²) in [7, 11) is 0. The topological polar surface area (TPSA) is 36.9 Å². The SMILES string of the molecule is CCCCC(C)(CC)OOC1(OOC(C)(CC)CCCC)CC(C)CCC1C. The highest BCUT2D eigenvalue weighted by Crippen LogP contribution is 2.43. The van der Waals surface area contributed by atoms with Crippen LogP contribution in [0.4, 0.5) is 0 Å². The van der Waals surface area contributed by atoms with Gasteiger partial charge >= 0.3 is 0 Å². The van der Waals surface area contributed by atoms with Crippen molar-refractivity contribution in [2.75, 3.05) is 0 Å². The zero-order valence-electron chi connectivity index (χ0n) is 20.1. The minimum Gasteiger partial charge on any atom is -0.227 e. The van der Waals surface area contributed by atoms with Gasteiger partial charge in [-0.2, -0.15) is 9.78 Å². The summed E-state index contributed by atoms with van der Waals surface area (Å²) in [6, 6.07) is 0. The Kier molecular flexibility index (Phi) is 11.0. The lowest BCUT2D eigenvalue weighted by Gasteiger charge is -2.44. The lowest BCUT2D eigenvalue weighted by atomic mass is 9.79. The van der Waals surface area contributed by atoms with Crippen molar-refractivity contribution >= 4 is 0 Å². The van der Waals surface area contributed by atoms with Crippen molar-refractivity contribution in [1.29, 1.82) is 0 Å². The molecule has 0 amide bonds. The van der Waals surface area contributed by atoms with Gasteiger partial charge in [-0.15, -0.1) is 0 Å². The third-order valence-corrected chi connectivity index (χ3v) is 6.86. The Labute approximate surface area is 174 Å². The van der Waals surface area contributed by atoms with E-state index in [2.05, 4.69) is 55.4 Å². The van der Waals surface area contributed by atoms with E-state index in [4.69, 9.17) is 19.6 Å². The van der Waals surface area contributed by atoms with Crippen LogP contribution in [0.25, 0.3) is 0 Å². The Morgan fingerprint density at radius 3 is 1.64 bits per heavy atom. The molecule has 0 heterocycles. The van der Waals surface area contributed by atoms with Crippen molar-refractivity contribution in [2.24, 2.45) is 11.8 Å². The van der Waals surface area contributed by atoms with E-state index in [9.17, 15) is 0 Å². The van der Waals surface area contributed by atoms with Gasteiger partial charge in [-0.05, 0) is 51.9 Å². The minimum absolute atomic E-state index is 0.225. The molecule has 0 radical (unpaired) electrons. The largest absolute Gasteiger partial charge is 0.236 e. The van der Waals surface area contributed by atoms with Crippen molar-refractivity contribution < 1.29 is 19.6 Å². The van der Waals surface area contributed by atoms with E-state index >= 15 is 0 Å². The molecular weight excluding hydrogens is 352 g/mol. The molecule has 4 atom stereocenters. The molecule has 0 aromatic carbocycles. The number of unbranched alkanes of at least 4 members (excludes halogenated alkanes) is 2. The van der Waals surface area contributed by atoms with E-state index in [1.165, 1.54) is 6.42 Å². The second-order valence-electron chi connectivity index (χ2n) is 9.75. The van der Waals surface area contributed by atoms with Crippen molar-refractivity contribution in [1.82, 2.24) is 0 Å². The zero-order chi connectivity index (χ0) is 21.3. The van der Waals surface area contributed by atoms with Gasteiger partial charge < -0.3 is 0 Å². The molecule has 4 unspecified atom stereocenters. The van der Waals surface area contributed by atoms with Crippen LogP contribution in [0, 0.1) is 11.8 Å². The molecule has 28 heavy (non-hydrogen) atoms. The van der Waals surface area contributed by atoms with Crippen LogP contribution in [-0.4, -0.2) is 17.0 Å². The van der Waals surface area contributed by atoms with Crippen LogP contribution in [0.1, 0.15) is 126 Å². The smallest absolute Gasteiger partial charge is 0.227 e.